The first kappa shape index (κ1) is 11.2. The molecule has 0 bridgehead atoms. The highest BCUT2D eigenvalue weighted by molar-refractivity contribution is 4.80. The minimum atomic E-state index is 0.522. The summed E-state index contributed by atoms with van der Waals surface area (Å²) in [6, 6.07) is 2.50. The lowest BCUT2D eigenvalue weighted by atomic mass is 10.2. The number of rotatable bonds is 7. The van der Waals surface area contributed by atoms with Gasteiger partial charge in [0.2, 0.25) is 0 Å². The largest absolute Gasteiger partial charge is 0.317 e. The standard InChI is InChI=1S/C11H21N3/c1-3-7-12-8-4-6-11(2)14-10-5-9-13-14/h5,9-12H,3-4,6-8H2,1-2H3. The van der Waals surface area contributed by atoms with Crippen LogP contribution in [0, 0.1) is 0 Å². The van der Waals surface area contributed by atoms with E-state index in [0.29, 0.717) is 6.04 Å². The van der Waals surface area contributed by atoms with E-state index < -0.39 is 0 Å². The normalized spacial score (nSPS) is 13.0. The van der Waals surface area contributed by atoms with Crippen LogP contribution in [0.2, 0.25) is 0 Å². The average molecular weight is 195 g/mol. The molecular weight excluding hydrogens is 174 g/mol. The number of aromatic nitrogens is 2. The second kappa shape index (κ2) is 6.60. The van der Waals surface area contributed by atoms with Crippen LogP contribution in [-0.4, -0.2) is 22.9 Å². The van der Waals surface area contributed by atoms with Gasteiger partial charge in [0.05, 0.1) is 0 Å². The molecule has 0 aliphatic carbocycles. The molecule has 1 aromatic heterocycles. The Hall–Kier alpha value is -0.830. The quantitative estimate of drug-likeness (QED) is 0.676. The topological polar surface area (TPSA) is 29.9 Å². The van der Waals surface area contributed by atoms with E-state index in [1.54, 1.807) is 0 Å². The van der Waals surface area contributed by atoms with Gasteiger partial charge in [-0.1, -0.05) is 6.92 Å². The zero-order valence-corrected chi connectivity index (χ0v) is 9.24. The number of hydrogen-bond acceptors (Lipinski definition) is 2. The molecule has 1 aromatic rings. The summed E-state index contributed by atoms with van der Waals surface area (Å²) >= 11 is 0. The van der Waals surface area contributed by atoms with E-state index in [1.807, 2.05) is 23.1 Å². The molecule has 1 unspecified atom stereocenters. The van der Waals surface area contributed by atoms with Gasteiger partial charge < -0.3 is 5.32 Å². The predicted molar refractivity (Wildman–Crippen MR) is 59.3 cm³/mol. The van der Waals surface area contributed by atoms with Gasteiger partial charge in [0, 0.05) is 18.4 Å². The van der Waals surface area contributed by atoms with E-state index in [1.165, 1.54) is 19.3 Å². The van der Waals surface area contributed by atoms with Gasteiger partial charge in [-0.05, 0) is 45.3 Å². The molecule has 3 nitrogen and oxygen atoms in total. The molecular formula is C11H21N3. The van der Waals surface area contributed by atoms with Crippen molar-refractivity contribution in [2.45, 2.75) is 39.2 Å². The van der Waals surface area contributed by atoms with Crippen molar-refractivity contribution < 1.29 is 0 Å². The molecule has 0 aliphatic heterocycles. The van der Waals surface area contributed by atoms with Crippen molar-refractivity contribution in [2.24, 2.45) is 0 Å². The summed E-state index contributed by atoms with van der Waals surface area (Å²) in [6.07, 6.45) is 7.50. The molecule has 3 heteroatoms. The van der Waals surface area contributed by atoms with Gasteiger partial charge in [0.15, 0.2) is 0 Å². The Kier molecular flexibility index (Phi) is 5.30. The molecule has 0 saturated carbocycles. The molecule has 1 heterocycles. The summed E-state index contributed by atoms with van der Waals surface area (Å²) in [7, 11) is 0. The highest BCUT2D eigenvalue weighted by Crippen LogP contribution is 2.10. The molecule has 0 aliphatic rings. The highest BCUT2D eigenvalue weighted by Gasteiger charge is 2.02. The molecule has 0 fully saturated rings. The van der Waals surface area contributed by atoms with Crippen molar-refractivity contribution in [3.05, 3.63) is 18.5 Å². The highest BCUT2D eigenvalue weighted by atomic mass is 15.3. The van der Waals surface area contributed by atoms with Crippen LogP contribution in [0.5, 0.6) is 0 Å². The van der Waals surface area contributed by atoms with E-state index >= 15 is 0 Å². The summed E-state index contributed by atoms with van der Waals surface area (Å²) < 4.78 is 2.03. The first-order valence-electron chi connectivity index (χ1n) is 5.54. The molecule has 0 spiro atoms. The molecule has 14 heavy (non-hydrogen) atoms. The third-order valence-corrected chi connectivity index (χ3v) is 2.38. The van der Waals surface area contributed by atoms with Crippen molar-refractivity contribution in [3.63, 3.8) is 0 Å². The van der Waals surface area contributed by atoms with Crippen LogP contribution < -0.4 is 5.32 Å². The van der Waals surface area contributed by atoms with E-state index in [4.69, 9.17) is 0 Å². The Bertz CT molecular complexity index is 218. The van der Waals surface area contributed by atoms with Crippen LogP contribution in [0.3, 0.4) is 0 Å². The minimum Gasteiger partial charge on any atom is -0.317 e. The third-order valence-electron chi connectivity index (χ3n) is 2.38. The van der Waals surface area contributed by atoms with Gasteiger partial charge in [0.25, 0.3) is 0 Å². The van der Waals surface area contributed by atoms with Gasteiger partial charge in [-0.3, -0.25) is 4.68 Å². The summed E-state index contributed by atoms with van der Waals surface area (Å²) in [5, 5.41) is 7.63. The van der Waals surface area contributed by atoms with Crippen LogP contribution in [0.25, 0.3) is 0 Å². The number of nitrogens with zero attached hydrogens (tertiary/aromatic N) is 2. The Morgan fingerprint density at radius 3 is 2.93 bits per heavy atom. The zero-order chi connectivity index (χ0) is 10.2. The van der Waals surface area contributed by atoms with E-state index in [0.717, 1.165) is 13.1 Å². The van der Waals surface area contributed by atoms with Crippen molar-refractivity contribution in [3.8, 4) is 0 Å². The Labute approximate surface area is 86.5 Å². The second-order valence-electron chi connectivity index (χ2n) is 3.73. The minimum absolute atomic E-state index is 0.522. The van der Waals surface area contributed by atoms with Gasteiger partial charge in [-0.25, -0.2) is 0 Å². The lowest BCUT2D eigenvalue weighted by Gasteiger charge is -2.11. The van der Waals surface area contributed by atoms with Crippen LogP contribution >= 0.6 is 0 Å². The number of hydrogen-bond donors (Lipinski definition) is 1. The SMILES string of the molecule is CCCNCCCC(C)n1cccn1. The molecule has 0 aromatic carbocycles. The van der Waals surface area contributed by atoms with Crippen molar-refractivity contribution in [1.29, 1.82) is 0 Å². The molecule has 0 saturated heterocycles. The number of nitrogens with one attached hydrogen (secondary N) is 1. The van der Waals surface area contributed by atoms with Gasteiger partial charge in [-0.2, -0.15) is 5.10 Å². The van der Waals surface area contributed by atoms with E-state index in [9.17, 15) is 0 Å². The lowest BCUT2D eigenvalue weighted by Crippen LogP contribution is -2.17. The fourth-order valence-electron chi connectivity index (χ4n) is 1.50. The van der Waals surface area contributed by atoms with E-state index in [-0.39, 0.29) is 0 Å². The first-order valence-corrected chi connectivity index (χ1v) is 5.54. The maximum atomic E-state index is 4.23. The summed E-state index contributed by atoms with van der Waals surface area (Å²) in [4.78, 5) is 0. The Balaban J connectivity index is 2.07. The second-order valence-corrected chi connectivity index (χ2v) is 3.73. The van der Waals surface area contributed by atoms with Gasteiger partial charge in [-0.15, -0.1) is 0 Å². The average Bonchev–Trinajstić information content (AvgIpc) is 2.70. The monoisotopic (exact) mass is 195 g/mol. The van der Waals surface area contributed by atoms with Crippen LogP contribution in [0.1, 0.15) is 39.2 Å². The van der Waals surface area contributed by atoms with Crippen LogP contribution in [0.4, 0.5) is 0 Å². The molecule has 1 rings (SSSR count). The molecule has 1 atom stereocenters. The summed E-state index contributed by atoms with van der Waals surface area (Å²) in [6.45, 7) is 6.67. The maximum absolute atomic E-state index is 4.23. The first-order chi connectivity index (χ1) is 6.84. The van der Waals surface area contributed by atoms with Crippen LogP contribution in [0.15, 0.2) is 18.5 Å². The zero-order valence-electron chi connectivity index (χ0n) is 9.24. The Morgan fingerprint density at radius 1 is 1.43 bits per heavy atom. The lowest BCUT2D eigenvalue weighted by molar-refractivity contribution is 0.439. The molecule has 0 amide bonds. The predicted octanol–water partition coefficient (Wildman–Crippen LogP) is 2.22. The maximum Gasteiger partial charge on any atom is 0.0491 e. The van der Waals surface area contributed by atoms with Crippen LogP contribution in [-0.2, 0) is 0 Å². The van der Waals surface area contributed by atoms with E-state index in [2.05, 4.69) is 24.3 Å². The van der Waals surface area contributed by atoms with Gasteiger partial charge in [0.1, 0.15) is 0 Å². The smallest absolute Gasteiger partial charge is 0.0491 e. The fraction of sp³-hybridized carbons (Fsp3) is 0.727. The van der Waals surface area contributed by atoms with Crippen molar-refractivity contribution in [1.82, 2.24) is 15.1 Å². The molecule has 0 radical (unpaired) electrons. The third kappa shape index (κ3) is 3.92. The fourth-order valence-corrected chi connectivity index (χ4v) is 1.50. The van der Waals surface area contributed by atoms with Gasteiger partial charge >= 0.3 is 0 Å². The van der Waals surface area contributed by atoms with Crippen molar-refractivity contribution >= 4 is 0 Å². The summed E-state index contributed by atoms with van der Waals surface area (Å²) in [5.74, 6) is 0. The summed E-state index contributed by atoms with van der Waals surface area (Å²) in [5.41, 5.74) is 0. The Morgan fingerprint density at radius 2 is 2.29 bits per heavy atom. The van der Waals surface area contributed by atoms with Crippen molar-refractivity contribution in [2.75, 3.05) is 13.1 Å². The molecule has 1 N–H and O–H groups in total. The molecule has 80 valence electrons.